The Bertz CT molecular complexity index is 576. The van der Waals surface area contributed by atoms with E-state index in [1.54, 1.807) is 18.2 Å². The normalized spacial score (nSPS) is 10.7. The standard InChI is InChI=1S/C13H8ClF3S/c1-18-12-6-7(2-3-9(12)14)8-4-10(15)13(17)11(16)5-8/h2-6H,1H3. The van der Waals surface area contributed by atoms with Crippen LogP contribution in [0.25, 0.3) is 11.1 Å². The smallest absolute Gasteiger partial charge is 0.194 e. The second kappa shape index (κ2) is 5.24. The summed E-state index contributed by atoms with van der Waals surface area (Å²) in [5.74, 6) is -3.87. The molecule has 0 radical (unpaired) electrons. The first-order valence-electron chi connectivity index (χ1n) is 5.01. The Balaban J connectivity index is 2.55. The Labute approximate surface area is 112 Å². The Morgan fingerprint density at radius 2 is 1.56 bits per heavy atom. The SMILES string of the molecule is CSc1cc(-c2cc(F)c(F)c(F)c2)ccc1Cl. The zero-order valence-electron chi connectivity index (χ0n) is 9.31. The summed E-state index contributed by atoms with van der Waals surface area (Å²) in [6, 6.07) is 6.91. The van der Waals surface area contributed by atoms with Crippen molar-refractivity contribution in [3.8, 4) is 11.1 Å². The molecule has 2 aromatic carbocycles. The van der Waals surface area contributed by atoms with Crippen LogP contribution in [0.5, 0.6) is 0 Å². The van der Waals surface area contributed by atoms with E-state index in [0.29, 0.717) is 10.6 Å². The minimum absolute atomic E-state index is 0.276. The van der Waals surface area contributed by atoms with Crippen molar-refractivity contribution in [1.82, 2.24) is 0 Å². The van der Waals surface area contributed by atoms with Gasteiger partial charge in [0.15, 0.2) is 17.5 Å². The van der Waals surface area contributed by atoms with Crippen LogP contribution in [0.4, 0.5) is 13.2 Å². The maximum atomic E-state index is 13.1. The lowest BCUT2D eigenvalue weighted by Gasteiger charge is -2.07. The molecule has 2 rings (SSSR count). The Morgan fingerprint density at radius 3 is 2.11 bits per heavy atom. The molecule has 94 valence electrons. The Kier molecular flexibility index (Phi) is 3.88. The molecule has 0 amide bonds. The van der Waals surface area contributed by atoms with E-state index in [1.807, 2.05) is 6.26 Å². The van der Waals surface area contributed by atoms with Crippen LogP contribution in [0, 0.1) is 17.5 Å². The fraction of sp³-hybridized carbons (Fsp3) is 0.0769. The molecule has 0 nitrogen and oxygen atoms in total. The second-order valence-electron chi connectivity index (χ2n) is 3.60. The van der Waals surface area contributed by atoms with Gasteiger partial charge in [-0.25, -0.2) is 13.2 Å². The molecule has 0 aromatic heterocycles. The molecule has 0 saturated heterocycles. The summed E-state index contributed by atoms with van der Waals surface area (Å²) < 4.78 is 39.1. The molecule has 0 aliphatic rings. The van der Waals surface area contributed by atoms with E-state index in [1.165, 1.54) is 11.8 Å². The highest BCUT2D eigenvalue weighted by molar-refractivity contribution is 7.98. The number of thioether (sulfide) groups is 1. The fourth-order valence-electron chi connectivity index (χ4n) is 1.56. The molecular formula is C13H8ClF3S. The van der Waals surface area contributed by atoms with Gasteiger partial charge in [0.25, 0.3) is 0 Å². The van der Waals surface area contributed by atoms with Crippen molar-refractivity contribution in [1.29, 1.82) is 0 Å². The van der Waals surface area contributed by atoms with Crippen LogP contribution in [0.2, 0.25) is 5.02 Å². The molecule has 0 unspecified atom stereocenters. The molecule has 2 aromatic rings. The van der Waals surface area contributed by atoms with Crippen molar-refractivity contribution in [2.75, 3.05) is 6.26 Å². The summed E-state index contributed by atoms with van der Waals surface area (Å²) in [7, 11) is 0. The minimum atomic E-state index is -1.46. The third-order valence-corrected chi connectivity index (χ3v) is 3.69. The molecule has 0 fully saturated rings. The van der Waals surface area contributed by atoms with Crippen LogP contribution in [-0.2, 0) is 0 Å². The van der Waals surface area contributed by atoms with Gasteiger partial charge in [-0.2, -0.15) is 0 Å². The molecule has 0 aliphatic carbocycles. The molecule has 0 spiro atoms. The fourth-order valence-corrected chi connectivity index (χ4v) is 2.42. The van der Waals surface area contributed by atoms with Crippen molar-refractivity contribution < 1.29 is 13.2 Å². The number of hydrogen-bond acceptors (Lipinski definition) is 1. The van der Waals surface area contributed by atoms with Gasteiger partial charge in [0.1, 0.15) is 0 Å². The first-order chi connectivity index (χ1) is 8.52. The Hall–Kier alpha value is -1.13. The van der Waals surface area contributed by atoms with Crippen molar-refractivity contribution in [2.45, 2.75) is 4.90 Å². The third kappa shape index (κ3) is 2.49. The van der Waals surface area contributed by atoms with Gasteiger partial charge in [-0.3, -0.25) is 0 Å². The van der Waals surface area contributed by atoms with Crippen molar-refractivity contribution in [3.63, 3.8) is 0 Å². The maximum Gasteiger partial charge on any atom is 0.194 e. The van der Waals surface area contributed by atoms with E-state index >= 15 is 0 Å². The summed E-state index contributed by atoms with van der Waals surface area (Å²) in [6.45, 7) is 0. The summed E-state index contributed by atoms with van der Waals surface area (Å²) in [5.41, 5.74) is 0.861. The maximum absolute atomic E-state index is 13.1. The molecule has 0 bridgehead atoms. The summed E-state index contributed by atoms with van der Waals surface area (Å²) in [5, 5.41) is 0.564. The summed E-state index contributed by atoms with van der Waals surface area (Å²) >= 11 is 7.36. The van der Waals surface area contributed by atoms with Gasteiger partial charge in [0.05, 0.1) is 5.02 Å². The number of halogens is 4. The number of rotatable bonds is 2. The van der Waals surface area contributed by atoms with Gasteiger partial charge >= 0.3 is 0 Å². The second-order valence-corrected chi connectivity index (χ2v) is 4.86. The third-order valence-electron chi connectivity index (χ3n) is 2.47. The minimum Gasteiger partial charge on any atom is -0.204 e. The zero-order chi connectivity index (χ0) is 13.3. The molecule has 0 heterocycles. The lowest BCUT2D eigenvalue weighted by Crippen LogP contribution is -1.92. The number of hydrogen-bond donors (Lipinski definition) is 0. The average Bonchev–Trinajstić information content (AvgIpc) is 2.36. The monoisotopic (exact) mass is 288 g/mol. The molecule has 5 heteroatoms. The quantitative estimate of drug-likeness (QED) is 0.544. The zero-order valence-corrected chi connectivity index (χ0v) is 10.9. The molecule has 18 heavy (non-hydrogen) atoms. The van der Waals surface area contributed by atoms with Gasteiger partial charge in [-0.15, -0.1) is 11.8 Å². The summed E-state index contributed by atoms with van der Waals surface area (Å²) in [6.07, 6.45) is 1.84. The molecular weight excluding hydrogens is 281 g/mol. The number of benzene rings is 2. The van der Waals surface area contributed by atoms with E-state index in [2.05, 4.69) is 0 Å². The highest BCUT2D eigenvalue weighted by atomic mass is 35.5. The van der Waals surface area contributed by atoms with Crippen LogP contribution in [0.1, 0.15) is 0 Å². The van der Waals surface area contributed by atoms with Gasteiger partial charge < -0.3 is 0 Å². The highest BCUT2D eigenvalue weighted by Crippen LogP contribution is 2.31. The average molecular weight is 289 g/mol. The van der Waals surface area contributed by atoms with Crippen molar-refractivity contribution in [2.24, 2.45) is 0 Å². The first-order valence-corrected chi connectivity index (χ1v) is 6.61. The van der Waals surface area contributed by atoms with Gasteiger partial charge in [-0.1, -0.05) is 17.7 Å². The van der Waals surface area contributed by atoms with Crippen LogP contribution >= 0.6 is 23.4 Å². The van der Waals surface area contributed by atoms with Gasteiger partial charge in [0, 0.05) is 4.90 Å². The lowest BCUT2D eigenvalue weighted by atomic mass is 10.1. The molecule has 0 atom stereocenters. The first kappa shape index (κ1) is 13.3. The molecule has 0 aliphatic heterocycles. The van der Waals surface area contributed by atoms with Gasteiger partial charge in [0.2, 0.25) is 0 Å². The predicted molar refractivity (Wildman–Crippen MR) is 68.5 cm³/mol. The van der Waals surface area contributed by atoms with Crippen LogP contribution in [0.3, 0.4) is 0 Å². The topological polar surface area (TPSA) is 0 Å². The van der Waals surface area contributed by atoms with Gasteiger partial charge in [-0.05, 0) is 41.6 Å². The molecule has 0 saturated carbocycles. The lowest BCUT2D eigenvalue weighted by molar-refractivity contribution is 0.447. The Morgan fingerprint density at radius 1 is 0.944 bits per heavy atom. The van der Waals surface area contributed by atoms with E-state index in [0.717, 1.165) is 17.0 Å². The van der Waals surface area contributed by atoms with Crippen LogP contribution in [0.15, 0.2) is 35.2 Å². The van der Waals surface area contributed by atoms with E-state index in [9.17, 15) is 13.2 Å². The largest absolute Gasteiger partial charge is 0.204 e. The van der Waals surface area contributed by atoms with Crippen molar-refractivity contribution >= 4 is 23.4 Å². The van der Waals surface area contributed by atoms with E-state index in [-0.39, 0.29) is 5.56 Å². The molecule has 0 N–H and O–H groups in total. The predicted octanol–water partition coefficient (Wildman–Crippen LogP) is 5.15. The van der Waals surface area contributed by atoms with E-state index < -0.39 is 17.5 Å². The van der Waals surface area contributed by atoms with Crippen LogP contribution in [-0.4, -0.2) is 6.26 Å². The van der Waals surface area contributed by atoms with Crippen LogP contribution < -0.4 is 0 Å². The summed E-state index contributed by atoms with van der Waals surface area (Å²) in [4.78, 5) is 0.791. The highest BCUT2D eigenvalue weighted by Gasteiger charge is 2.12. The van der Waals surface area contributed by atoms with Crippen molar-refractivity contribution in [3.05, 3.63) is 52.8 Å². The van der Waals surface area contributed by atoms with E-state index in [4.69, 9.17) is 11.6 Å².